The fourth-order valence-corrected chi connectivity index (χ4v) is 4.62. The number of benzene rings is 2. The van der Waals surface area contributed by atoms with Crippen LogP contribution in [-0.4, -0.2) is 65.2 Å². The van der Waals surface area contributed by atoms with E-state index >= 15 is 0 Å². The van der Waals surface area contributed by atoms with Gasteiger partial charge in [-0.25, -0.2) is 9.97 Å². The van der Waals surface area contributed by atoms with Crippen molar-refractivity contribution in [1.82, 2.24) is 19.9 Å². The number of hydrogen-bond donors (Lipinski definition) is 2. The van der Waals surface area contributed by atoms with Crippen molar-refractivity contribution in [3.05, 3.63) is 71.5 Å². The Balaban J connectivity index is 1.43. The van der Waals surface area contributed by atoms with Crippen LogP contribution in [-0.2, 0) is 9.53 Å². The second-order valence-electron chi connectivity index (χ2n) is 8.77. The van der Waals surface area contributed by atoms with Crippen LogP contribution in [0.2, 0.25) is 0 Å². The van der Waals surface area contributed by atoms with Crippen molar-refractivity contribution in [2.75, 3.05) is 44.8 Å². The van der Waals surface area contributed by atoms with Crippen LogP contribution in [0.4, 0.5) is 5.69 Å². The van der Waals surface area contributed by atoms with Gasteiger partial charge in [0.05, 0.1) is 24.6 Å². The number of rotatable bonds is 8. The molecular formula is C28H28BrN5O3. The van der Waals surface area contributed by atoms with Crippen molar-refractivity contribution in [3.63, 3.8) is 0 Å². The Kier molecular flexibility index (Phi) is 7.93. The topological polar surface area (TPSA) is 92.4 Å². The summed E-state index contributed by atoms with van der Waals surface area (Å²) in [5.41, 5.74) is 5.26. The molecule has 0 bridgehead atoms. The van der Waals surface area contributed by atoms with Gasteiger partial charge in [0.25, 0.3) is 0 Å². The lowest BCUT2D eigenvalue weighted by Crippen LogP contribution is -2.38. The normalized spacial score (nSPS) is 13.9. The minimum Gasteiger partial charge on any atom is -0.492 e. The van der Waals surface area contributed by atoms with Gasteiger partial charge in [0.15, 0.2) is 0 Å². The summed E-state index contributed by atoms with van der Waals surface area (Å²) in [4.78, 5) is 26.5. The van der Waals surface area contributed by atoms with E-state index in [0.29, 0.717) is 6.61 Å². The molecule has 2 aromatic carbocycles. The molecule has 0 aliphatic carbocycles. The van der Waals surface area contributed by atoms with E-state index in [0.717, 1.165) is 82.8 Å². The Morgan fingerprint density at radius 3 is 2.65 bits per heavy atom. The van der Waals surface area contributed by atoms with Crippen LogP contribution in [0.3, 0.4) is 0 Å². The number of ether oxygens (including phenoxy) is 2. The highest BCUT2D eigenvalue weighted by Gasteiger charge is 2.17. The fourth-order valence-electron chi connectivity index (χ4n) is 4.25. The number of aromatic amines is 1. The summed E-state index contributed by atoms with van der Waals surface area (Å²) >= 11 is 3.48. The van der Waals surface area contributed by atoms with Crippen molar-refractivity contribution in [3.8, 4) is 39.7 Å². The molecule has 0 atom stereocenters. The maximum absolute atomic E-state index is 11.4. The lowest BCUT2D eigenvalue weighted by atomic mass is 10.1. The van der Waals surface area contributed by atoms with Crippen molar-refractivity contribution in [1.29, 1.82) is 0 Å². The molecule has 3 heterocycles. The molecule has 4 aromatic rings. The molecule has 1 aliphatic heterocycles. The molecule has 8 nitrogen and oxygen atoms in total. The number of H-pyrrole nitrogens is 1. The Hall–Kier alpha value is -3.53. The van der Waals surface area contributed by atoms with Crippen LogP contribution in [0.25, 0.3) is 33.9 Å². The number of morpholine rings is 1. The summed E-state index contributed by atoms with van der Waals surface area (Å²) in [5.74, 6) is 1.42. The van der Waals surface area contributed by atoms with E-state index < -0.39 is 0 Å². The van der Waals surface area contributed by atoms with Gasteiger partial charge in [-0.3, -0.25) is 9.69 Å². The molecular weight excluding hydrogens is 534 g/mol. The summed E-state index contributed by atoms with van der Waals surface area (Å²) in [5, 5.41) is 2.80. The average molecular weight is 562 g/mol. The molecule has 5 rings (SSSR count). The maximum Gasteiger partial charge on any atom is 0.221 e. The predicted octanol–water partition coefficient (Wildman–Crippen LogP) is 5.24. The van der Waals surface area contributed by atoms with E-state index in [1.54, 1.807) is 6.20 Å². The highest BCUT2D eigenvalue weighted by molar-refractivity contribution is 9.10. The minimum absolute atomic E-state index is 0.106. The Morgan fingerprint density at radius 1 is 1.08 bits per heavy atom. The van der Waals surface area contributed by atoms with E-state index in [1.807, 2.05) is 60.7 Å². The molecule has 2 N–H and O–H groups in total. The van der Waals surface area contributed by atoms with Gasteiger partial charge in [0.1, 0.15) is 22.8 Å². The molecule has 2 aromatic heterocycles. The molecule has 0 unspecified atom stereocenters. The number of halogens is 1. The second kappa shape index (κ2) is 11.7. The summed E-state index contributed by atoms with van der Waals surface area (Å²) in [7, 11) is 0. The molecule has 0 saturated carbocycles. The van der Waals surface area contributed by atoms with E-state index in [2.05, 4.69) is 36.1 Å². The number of amides is 1. The number of carbonyl (C=O) groups is 1. The first-order valence-electron chi connectivity index (χ1n) is 12.2. The number of pyridine rings is 1. The molecule has 1 fully saturated rings. The summed E-state index contributed by atoms with van der Waals surface area (Å²) in [6.45, 7) is 6.41. The third kappa shape index (κ3) is 6.43. The van der Waals surface area contributed by atoms with Gasteiger partial charge in [0.2, 0.25) is 5.91 Å². The monoisotopic (exact) mass is 561 g/mol. The molecule has 0 spiro atoms. The van der Waals surface area contributed by atoms with Gasteiger partial charge in [0, 0.05) is 55.1 Å². The first-order valence-corrected chi connectivity index (χ1v) is 13.0. The fraction of sp³-hybridized carbons (Fsp3) is 0.250. The van der Waals surface area contributed by atoms with Crippen molar-refractivity contribution in [2.24, 2.45) is 0 Å². The van der Waals surface area contributed by atoms with E-state index in [-0.39, 0.29) is 5.91 Å². The van der Waals surface area contributed by atoms with E-state index in [9.17, 15) is 4.79 Å². The zero-order valence-electron chi connectivity index (χ0n) is 20.5. The van der Waals surface area contributed by atoms with Gasteiger partial charge in [-0.05, 0) is 64.5 Å². The molecule has 9 heteroatoms. The molecule has 1 aliphatic rings. The maximum atomic E-state index is 11.4. The Labute approximate surface area is 224 Å². The van der Waals surface area contributed by atoms with Gasteiger partial charge in [-0.15, -0.1) is 0 Å². The predicted molar refractivity (Wildman–Crippen MR) is 147 cm³/mol. The summed E-state index contributed by atoms with van der Waals surface area (Å²) in [6, 6.07) is 19.5. The van der Waals surface area contributed by atoms with Crippen molar-refractivity contribution < 1.29 is 14.3 Å². The van der Waals surface area contributed by atoms with Crippen molar-refractivity contribution in [2.45, 2.75) is 6.92 Å². The van der Waals surface area contributed by atoms with Crippen LogP contribution >= 0.6 is 15.9 Å². The van der Waals surface area contributed by atoms with Crippen LogP contribution in [0, 0.1) is 0 Å². The zero-order valence-corrected chi connectivity index (χ0v) is 22.1. The zero-order chi connectivity index (χ0) is 25.6. The van der Waals surface area contributed by atoms with Crippen molar-refractivity contribution >= 4 is 27.5 Å². The SMILES string of the molecule is CC(=O)Nc1ccc(-c2nc(-c3cccc(OCCN4CCOCC4)c3)c(-c3ccnc(Br)c3)[nH]2)cc1. The summed E-state index contributed by atoms with van der Waals surface area (Å²) in [6.07, 6.45) is 1.76. The molecule has 1 saturated heterocycles. The largest absolute Gasteiger partial charge is 0.492 e. The Morgan fingerprint density at radius 2 is 1.89 bits per heavy atom. The average Bonchev–Trinajstić information content (AvgIpc) is 3.35. The highest BCUT2D eigenvalue weighted by atomic mass is 79.9. The quantitative estimate of drug-likeness (QED) is 0.286. The Bertz CT molecular complexity index is 1370. The number of carbonyl (C=O) groups excluding carboxylic acids is 1. The third-order valence-corrected chi connectivity index (χ3v) is 6.52. The van der Waals surface area contributed by atoms with E-state index in [1.165, 1.54) is 6.92 Å². The van der Waals surface area contributed by atoms with Gasteiger partial charge < -0.3 is 19.8 Å². The van der Waals surface area contributed by atoms with Crippen LogP contribution in [0.1, 0.15) is 6.92 Å². The number of nitrogens with one attached hydrogen (secondary N) is 2. The van der Waals surface area contributed by atoms with Crippen LogP contribution < -0.4 is 10.1 Å². The van der Waals surface area contributed by atoms with E-state index in [4.69, 9.17) is 14.5 Å². The smallest absolute Gasteiger partial charge is 0.221 e. The lowest BCUT2D eigenvalue weighted by Gasteiger charge is -2.26. The molecule has 190 valence electrons. The number of aromatic nitrogens is 3. The van der Waals surface area contributed by atoms with Gasteiger partial charge in [-0.1, -0.05) is 12.1 Å². The van der Waals surface area contributed by atoms with Crippen LogP contribution in [0.5, 0.6) is 5.75 Å². The number of nitrogens with zero attached hydrogens (tertiary/aromatic N) is 3. The van der Waals surface area contributed by atoms with Crippen LogP contribution in [0.15, 0.2) is 71.5 Å². The minimum atomic E-state index is -0.106. The molecule has 0 radical (unpaired) electrons. The number of anilines is 1. The molecule has 1 amide bonds. The lowest BCUT2D eigenvalue weighted by molar-refractivity contribution is -0.114. The highest BCUT2D eigenvalue weighted by Crippen LogP contribution is 2.35. The summed E-state index contributed by atoms with van der Waals surface area (Å²) < 4.78 is 12.3. The second-order valence-corrected chi connectivity index (χ2v) is 9.58. The number of hydrogen-bond acceptors (Lipinski definition) is 6. The molecule has 37 heavy (non-hydrogen) atoms. The number of imidazole rings is 1. The standard InChI is InChI=1S/C28H28BrN5O3/c1-19(35)31-23-7-5-20(6-8-23)28-32-26(27(33-28)22-9-10-30-25(29)18-22)21-3-2-4-24(17-21)37-16-13-34-11-14-36-15-12-34/h2-10,17-18H,11-16H2,1H3,(H,31,35)(H,32,33). The third-order valence-electron chi connectivity index (χ3n) is 6.09. The van der Waals surface area contributed by atoms with Gasteiger partial charge >= 0.3 is 0 Å². The van der Waals surface area contributed by atoms with Gasteiger partial charge in [-0.2, -0.15) is 0 Å². The first-order chi connectivity index (χ1) is 18.0. The first kappa shape index (κ1) is 25.1.